The molecule has 31 heteroatoms. The van der Waals surface area contributed by atoms with Gasteiger partial charge in [-0.2, -0.15) is 0 Å². The molecule has 0 aliphatic carbocycles. The number of nitrogens with one attached hydrogen (secondary N) is 3. The molecule has 2 bridgehead atoms. The quantitative estimate of drug-likeness (QED) is 0.0311. The zero-order valence-electron chi connectivity index (χ0n) is 40.8. The lowest BCUT2D eigenvalue weighted by Crippen LogP contribution is -2.56. The molecule has 2 heterocycles. The van der Waals surface area contributed by atoms with Crippen LogP contribution in [0, 0.1) is 0 Å². The third-order valence-electron chi connectivity index (χ3n) is 12.5. The highest BCUT2D eigenvalue weighted by molar-refractivity contribution is 5.79. The molecular formula is C44H72N7O24-3. The minimum absolute atomic E-state index is 0.177. The van der Waals surface area contributed by atoms with Crippen LogP contribution in [0.3, 0.4) is 0 Å². The van der Waals surface area contributed by atoms with Gasteiger partial charge in [-0.3, -0.25) is 34.1 Å². The van der Waals surface area contributed by atoms with E-state index in [2.05, 4.69) is 20.9 Å². The molecular weight excluding hydrogens is 1010 g/mol. The average Bonchev–Trinajstić information content (AvgIpc) is 3.38. The van der Waals surface area contributed by atoms with Gasteiger partial charge in [-0.05, 0) is 31.4 Å². The first-order valence-corrected chi connectivity index (χ1v) is 23.9. The maximum absolute atomic E-state index is 13.0. The number of carbonyl (C=O) groups is 6. The van der Waals surface area contributed by atoms with Gasteiger partial charge in [-0.15, -0.1) is 0 Å². The van der Waals surface area contributed by atoms with Gasteiger partial charge in [0, 0.05) is 84.2 Å². The molecule has 430 valence electrons. The van der Waals surface area contributed by atoms with Crippen molar-refractivity contribution in [3.8, 4) is 0 Å². The molecule has 1 aromatic rings. The van der Waals surface area contributed by atoms with Crippen molar-refractivity contribution in [1.29, 1.82) is 0 Å². The lowest BCUT2D eigenvalue weighted by molar-refractivity contribution is -0.314. The summed E-state index contributed by atoms with van der Waals surface area (Å²) in [5.41, 5.74) is 0.355. The highest BCUT2D eigenvalue weighted by Gasteiger charge is 2.34. The standard InChI is InChI=1S/C44H75N7O24/c52-19-30(58)39(67)36(64)27(55)14-45-33(61)7-4-24(42(70)71)49-10-12-50(25(43(72)73)5-8-34(62)46-15-28(56)37(65)40(68)31(59)20-53)17-22-2-1-3-23(48-22)18-51(13-11-49)26(44(74)75)6-9-35(63)47-16-29(57)38(66)41(69)32(60)21-54/h1-3,24-32,36-41,52-60,64-69H,4-21H2,(H,45,61)(H,46,62)(H,47,63)(H,70,71)(H,72,73)(H,74,75)/p-3. The molecule has 0 spiro atoms. The van der Waals surface area contributed by atoms with Crippen LogP contribution in [0.4, 0.5) is 0 Å². The monoisotopic (exact) mass is 1080 g/mol. The number of fused-ring (bicyclic) bond motifs is 2. The number of aliphatic carboxylic acids is 3. The zero-order valence-corrected chi connectivity index (χ0v) is 40.8. The van der Waals surface area contributed by atoms with Crippen molar-refractivity contribution >= 4 is 35.6 Å². The van der Waals surface area contributed by atoms with Crippen LogP contribution >= 0.6 is 0 Å². The van der Waals surface area contributed by atoms with Crippen molar-refractivity contribution in [3.05, 3.63) is 29.6 Å². The number of hydrogen-bond donors (Lipinski definition) is 18. The van der Waals surface area contributed by atoms with Gasteiger partial charge < -0.3 is 122 Å². The molecule has 2 rings (SSSR count). The van der Waals surface area contributed by atoms with Gasteiger partial charge in [0.05, 0.1) is 79.5 Å². The Balaban J connectivity index is 2.48. The topological polar surface area (TPSA) is 534 Å². The van der Waals surface area contributed by atoms with Gasteiger partial charge in [0.2, 0.25) is 17.7 Å². The number of aromatic nitrogens is 1. The fraction of sp³-hybridized carbons (Fsp3) is 0.750. The Labute approximate surface area is 429 Å². The van der Waals surface area contributed by atoms with Gasteiger partial charge >= 0.3 is 0 Å². The van der Waals surface area contributed by atoms with Crippen LogP contribution in [0.5, 0.6) is 0 Å². The van der Waals surface area contributed by atoms with Gasteiger partial charge in [-0.1, -0.05) is 6.07 Å². The maximum Gasteiger partial charge on any atom is 0.220 e. The molecule has 31 nitrogen and oxygen atoms in total. The molecule has 75 heavy (non-hydrogen) atoms. The van der Waals surface area contributed by atoms with E-state index in [-0.39, 0.29) is 50.7 Å². The number of carbonyl (C=O) groups excluding carboxylic acids is 6. The van der Waals surface area contributed by atoms with Gasteiger partial charge in [0.1, 0.15) is 54.9 Å². The number of nitrogens with zero attached hydrogens (tertiary/aromatic N) is 4. The van der Waals surface area contributed by atoms with Crippen LogP contribution in [0.1, 0.15) is 49.9 Å². The summed E-state index contributed by atoms with van der Waals surface area (Å²) in [5.74, 6) is -7.80. The number of carboxylic acids is 3. The Morgan fingerprint density at radius 1 is 0.440 bits per heavy atom. The lowest BCUT2D eigenvalue weighted by Gasteiger charge is -2.40. The fourth-order valence-electron chi connectivity index (χ4n) is 7.87. The van der Waals surface area contributed by atoms with Crippen molar-refractivity contribution in [2.24, 2.45) is 0 Å². The van der Waals surface area contributed by atoms with E-state index >= 15 is 0 Å². The molecule has 0 saturated heterocycles. The molecule has 0 radical (unpaired) electrons. The van der Waals surface area contributed by atoms with Gasteiger partial charge in [0.25, 0.3) is 0 Å². The van der Waals surface area contributed by atoms with E-state index in [9.17, 15) is 105 Å². The highest BCUT2D eigenvalue weighted by atomic mass is 16.4. The summed E-state index contributed by atoms with van der Waals surface area (Å²) in [4.78, 5) is 85.6. The van der Waals surface area contributed by atoms with E-state index in [0.29, 0.717) is 0 Å². The summed E-state index contributed by atoms with van der Waals surface area (Å²) in [5, 5.41) is 192. The molecule has 0 aromatic carbocycles. The van der Waals surface area contributed by atoms with E-state index in [4.69, 9.17) is 15.3 Å². The van der Waals surface area contributed by atoms with Gasteiger partial charge in [0.15, 0.2) is 0 Å². The first-order chi connectivity index (χ1) is 35.3. The van der Waals surface area contributed by atoms with Crippen LogP contribution in [0.15, 0.2) is 18.2 Å². The Bertz CT molecular complexity index is 1830. The summed E-state index contributed by atoms with van der Waals surface area (Å²) in [6.45, 7) is -7.14. The van der Waals surface area contributed by atoms with Crippen molar-refractivity contribution in [1.82, 2.24) is 35.6 Å². The molecule has 15 atom stereocenters. The first-order valence-electron chi connectivity index (χ1n) is 23.9. The number of carboxylic acid groups (broad SMARTS) is 3. The number of rotatable bonds is 33. The van der Waals surface area contributed by atoms with E-state index < -0.39 is 205 Å². The van der Waals surface area contributed by atoms with E-state index in [1.807, 2.05) is 0 Å². The third kappa shape index (κ3) is 22.0. The first kappa shape index (κ1) is 66.4. The molecule has 0 fully saturated rings. The second-order valence-corrected chi connectivity index (χ2v) is 18.0. The van der Waals surface area contributed by atoms with Crippen LogP contribution in [-0.2, 0) is 41.9 Å². The number of amides is 3. The zero-order chi connectivity index (χ0) is 56.7. The summed E-state index contributed by atoms with van der Waals surface area (Å²) >= 11 is 0. The minimum atomic E-state index is -2.05. The summed E-state index contributed by atoms with van der Waals surface area (Å²) in [6, 6.07) is -0.503. The molecule has 15 unspecified atom stereocenters. The van der Waals surface area contributed by atoms with Gasteiger partial charge in [-0.25, -0.2) is 0 Å². The fourth-order valence-corrected chi connectivity index (χ4v) is 7.87. The summed E-state index contributed by atoms with van der Waals surface area (Å²) in [7, 11) is 0. The molecule has 1 aromatic heterocycles. The Morgan fingerprint density at radius 3 is 0.960 bits per heavy atom. The largest absolute Gasteiger partial charge is 0.548 e. The summed E-state index contributed by atoms with van der Waals surface area (Å²) in [6.07, 6.45) is -26.5. The number of aliphatic hydroxyl groups excluding tert-OH is 15. The second-order valence-electron chi connectivity index (χ2n) is 18.0. The second kappa shape index (κ2) is 33.4. The lowest BCUT2D eigenvalue weighted by atomic mass is 10.0. The molecule has 3 amide bonds. The van der Waals surface area contributed by atoms with Crippen LogP contribution in [-0.4, -0.2) is 289 Å². The molecule has 0 saturated carbocycles. The Hall–Kier alpha value is -4.75. The Morgan fingerprint density at radius 2 is 0.693 bits per heavy atom. The van der Waals surface area contributed by atoms with E-state index in [1.54, 1.807) is 0 Å². The number of aliphatic hydroxyl groups is 15. The highest BCUT2D eigenvalue weighted by Crippen LogP contribution is 2.19. The predicted octanol–water partition coefficient (Wildman–Crippen LogP) is -14.6. The van der Waals surface area contributed by atoms with Crippen molar-refractivity contribution < 1.29 is 121 Å². The third-order valence-corrected chi connectivity index (χ3v) is 12.5. The van der Waals surface area contributed by atoms with Crippen molar-refractivity contribution in [2.75, 3.05) is 65.6 Å². The molecule has 18 N–H and O–H groups in total. The normalized spacial score (nSPS) is 20.3. The van der Waals surface area contributed by atoms with E-state index in [1.165, 1.54) is 32.9 Å². The summed E-state index contributed by atoms with van der Waals surface area (Å²) < 4.78 is 0. The smallest absolute Gasteiger partial charge is 0.220 e. The van der Waals surface area contributed by atoms with E-state index in [0.717, 1.165) is 0 Å². The van der Waals surface area contributed by atoms with Crippen LogP contribution < -0.4 is 31.3 Å². The Kier molecular flexibility index (Phi) is 29.6. The van der Waals surface area contributed by atoms with Crippen LogP contribution in [0.25, 0.3) is 0 Å². The number of pyridine rings is 1. The van der Waals surface area contributed by atoms with Crippen molar-refractivity contribution in [3.63, 3.8) is 0 Å². The average molecular weight is 1080 g/mol. The molecule has 1 aliphatic heterocycles. The SMILES string of the molecule is O=C(CCC(C(=O)[O-])N1CCN(C(CCC(=O)NCC(O)C(O)C(O)C(O)CO)C(=O)[O-])Cc2cccc(n2)CN(C(CCC(=O)NCC(O)C(O)C(O)C(O)CO)C(=O)[O-])CC1)NCC(O)C(O)C(O)C(O)CO. The van der Waals surface area contributed by atoms with Crippen LogP contribution in [0.2, 0.25) is 0 Å². The maximum atomic E-state index is 13.0. The minimum Gasteiger partial charge on any atom is -0.548 e. The molecule has 1 aliphatic rings. The van der Waals surface area contributed by atoms with Crippen molar-refractivity contribution in [2.45, 2.75) is 143 Å². The number of hydrogen-bond acceptors (Lipinski definition) is 28. The predicted molar refractivity (Wildman–Crippen MR) is 243 cm³/mol.